The SMILES string of the molecule is FC(F)(F)c1cc(Br)cc(N2CCCN3CCCC3C2)c1. The first kappa shape index (κ1) is 15.2. The average Bonchev–Trinajstić information content (AvgIpc) is 2.74. The van der Waals surface area contributed by atoms with Crippen molar-refractivity contribution < 1.29 is 13.2 Å². The Morgan fingerprint density at radius 3 is 2.57 bits per heavy atom. The maximum Gasteiger partial charge on any atom is 0.416 e. The van der Waals surface area contributed by atoms with Crippen molar-refractivity contribution in [2.45, 2.75) is 31.5 Å². The van der Waals surface area contributed by atoms with Crippen LogP contribution < -0.4 is 4.90 Å². The third-order valence-electron chi connectivity index (χ3n) is 4.38. The number of alkyl halides is 3. The summed E-state index contributed by atoms with van der Waals surface area (Å²) in [6.07, 6.45) is -0.949. The molecule has 1 unspecified atom stereocenters. The fourth-order valence-electron chi connectivity index (χ4n) is 3.36. The zero-order valence-electron chi connectivity index (χ0n) is 11.7. The van der Waals surface area contributed by atoms with Crippen LogP contribution in [0.5, 0.6) is 0 Å². The van der Waals surface area contributed by atoms with E-state index in [1.54, 1.807) is 6.07 Å². The highest BCUT2D eigenvalue weighted by Crippen LogP contribution is 2.35. The van der Waals surface area contributed by atoms with Crippen molar-refractivity contribution in [3.63, 3.8) is 0 Å². The number of hydrogen-bond acceptors (Lipinski definition) is 2. The quantitative estimate of drug-likeness (QED) is 0.740. The lowest BCUT2D eigenvalue weighted by Gasteiger charge is -2.28. The van der Waals surface area contributed by atoms with Gasteiger partial charge in [0.05, 0.1) is 5.56 Å². The Balaban J connectivity index is 1.87. The van der Waals surface area contributed by atoms with E-state index in [2.05, 4.69) is 25.7 Å². The Hall–Kier alpha value is -0.750. The van der Waals surface area contributed by atoms with Gasteiger partial charge in [0.25, 0.3) is 0 Å². The van der Waals surface area contributed by atoms with E-state index < -0.39 is 11.7 Å². The van der Waals surface area contributed by atoms with E-state index in [0.29, 0.717) is 16.2 Å². The summed E-state index contributed by atoms with van der Waals surface area (Å²) in [5.74, 6) is 0. The number of rotatable bonds is 1. The van der Waals surface area contributed by atoms with Gasteiger partial charge in [-0.1, -0.05) is 15.9 Å². The molecule has 0 radical (unpaired) electrons. The van der Waals surface area contributed by atoms with Crippen molar-refractivity contribution in [1.82, 2.24) is 4.90 Å². The molecule has 0 amide bonds. The standard InChI is InChI=1S/C15H18BrF3N2/c16-12-7-11(15(17,18)19)8-14(9-12)21-6-2-5-20-4-1-3-13(20)10-21/h7-9,13H,1-6,10H2. The summed E-state index contributed by atoms with van der Waals surface area (Å²) in [6.45, 7) is 3.83. The fraction of sp³-hybridized carbons (Fsp3) is 0.600. The summed E-state index contributed by atoms with van der Waals surface area (Å²) < 4.78 is 39.4. The maximum absolute atomic E-state index is 13.0. The molecule has 3 rings (SSSR count). The molecule has 2 aliphatic rings. The van der Waals surface area contributed by atoms with Gasteiger partial charge < -0.3 is 4.90 Å². The minimum Gasteiger partial charge on any atom is -0.370 e. The molecule has 0 bridgehead atoms. The number of hydrogen-bond donors (Lipinski definition) is 0. The fourth-order valence-corrected chi connectivity index (χ4v) is 3.84. The summed E-state index contributed by atoms with van der Waals surface area (Å²) in [6, 6.07) is 4.69. The summed E-state index contributed by atoms with van der Waals surface area (Å²) in [5, 5.41) is 0. The molecule has 1 aromatic rings. The Kier molecular flexibility index (Phi) is 4.19. The summed E-state index contributed by atoms with van der Waals surface area (Å²) in [4.78, 5) is 4.58. The molecule has 2 nitrogen and oxygen atoms in total. The highest BCUT2D eigenvalue weighted by atomic mass is 79.9. The smallest absolute Gasteiger partial charge is 0.370 e. The highest BCUT2D eigenvalue weighted by Gasteiger charge is 2.33. The Bertz CT molecular complexity index is 518. The van der Waals surface area contributed by atoms with E-state index in [9.17, 15) is 13.2 Å². The van der Waals surface area contributed by atoms with E-state index in [-0.39, 0.29) is 0 Å². The lowest BCUT2D eigenvalue weighted by molar-refractivity contribution is -0.137. The zero-order chi connectivity index (χ0) is 15.0. The molecule has 21 heavy (non-hydrogen) atoms. The van der Waals surface area contributed by atoms with Crippen LogP contribution in [-0.2, 0) is 6.18 Å². The van der Waals surface area contributed by atoms with Crippen molar-refractivity contribution in [1.29, 1.82) is 0 Å². The van der Waals surface area contributed by atoms with E-state index in [0.717, 1.165) is 45.1 Å². The first-order chi connectivity index (χ1) is 9.93. The third kappa shape index (κ3) is 3.37. The van der Waals surface area contributed by atoms with Crippen LogP contribution in [0.25, 0.3) is 0 Å². The van der Waals surface area contributed by atoms with E-state index in [1.807, 2.05) is 0 Å². The maximum atomic E-state index is 13.0. The lowest BCUT2D eigenvalue weighted by atomic mass is 10.1. The second-order valence-corrected chi connectivity index (χ2v) is 6.74. The van der Waals surface area contributed by atoms with Crippen LogP contribution in [0.1, 0.15) is 24.8 Å². The normalized spacial score (nSPS) is 24.0. The zero-order valence-corrected chi connectivity index (χ0v) is 13.3. The van der Waals surface area contributed by atoms with Gasteiger partial charge in [-0.25, -0.2) is 0 Å². The Morgan fingerprint density at radius 2 is 1.81 bits per heavy atom. The third-order valence-corrected chi connectivity index (χ3v) is 4.84. The number of halogens is 4. The van der Waals surface area contributed by atoms with Crippen LogP contribution in [0.2, 0.25) is 0 Å². The van der Waals surface area contributed by atoms with Crippen molar-refractivity contribution >= 4 is 21.6 Å². The molecular formula is C15H18BrF3N2. The van der Waals surface area contributed by atoms with Gasteiger partial charge in [0.1, 0.15) is 0 Å². The second-order valence-electron chi connectivity index (χ2n) is 5.83. The predicted octanol–water partition coefficient (Wildman–Crippen LogP) is 4.14. The van der Waals surface area contributed by atoms with Gasteiger partial charge in [0.15, 0.2) is 0 Å². The first-order valence-electron chi connectivity index (χ1n) is 7.30. The topological polar surface area (TPSA) is 6.48 Å². The van der Waals surface area contributed by atoms with Crippen LogP contribution in [0, 0.1) is 0 Å². The molecule has 2 heterocycles. The van der Waals surface area contributed by atoms with Crippen molar-refractivity contribution in [2.75, 3.05) is 31.1 Å². The summed E-state index contributed by atoms with van der Waals surface area (Å²) >= 11 is 3.21. The molecule has 0 N–H and O–H groups in total. The first-order valence-corrected chi connectivity index (χ1v) is 8.09. The van der Waals surface area contributed by atoms with Gasteiger partial charge >= 0.3 is 6.18 Å². The minimum absolute atomic E-state index is 0.486. The van der Waals surface area contributed by atoms with Gasteiger partial charge in [-0.2, -0.15) is 13.2 Å². The number of nitrogens with zero attached hydrogens (tertiary/aromatic N) is 2. The Morgan fingerprint density at radius 1 is 1.05 bits per heavy atom. The number of benzene rings is 1. The van der Waals surface area contributed by atoms with Crippen LogP contribution in [0.15, 0.2) is 22.7 Å². The molecule has 0 aliphatic carbocycles. The van der Waals surface area contributed by atoms with Crippen molar-refractivity contribution in [2.24, 2.45) is 0 Å². The van der Waals surface area contributed by atoms with Crippen molar-refractivity contribution in [3.05, 3.63) is 28.2 Å². The average molecular weight is 363 g/mol. The van der Waals surface area contributed by atoms with Crippen molar-refractivity contribution in [3.8, 4) is 0 Å². The van der Waals surface area contributed by atoms with Gasteiger partial charge in [-0.3, -0.25) is 4.90 Å². The van der Waals surface area contributed by atoms with Gasteiger partial charge in [-0.05, 0) is 44.0 Å². The number of fused-ring (bicyclic) bond motifs is 1. The predicted molar refractivity (Wildman–Crippen MR) is 80.6 cm³/mol. The summed E-state index contributed by atoms with van der Waals surface area (Å²) in [7, 11) is 0. The molecule has 1 atom stereocenters. The van der Waals surface area contributed by atoms with E-state index >= 15 is 0 Å². The molecule has 2 saturated heterocycles. The second kappa shape index (κ2) is 5.80. The lowest BCUT2D eigenvalue weighted by Crippen LogP contribution is -2.36. The largest absolute Gasteiger partial charge is 0.416 e. The molecule has 116 valence electrons. The van der Waals surface area contributed by atoms with Gasteiger partial charge in [-0.15, -0.1) is 0 Å². The van der Waals surface area contributed by atoms with Crippen LogP contribution >= 0.6 is 15.9 Å². The molecule has 2 aliphatic heterocycles. The molecule has 0 saturated carbocycles. The molecule has 1 aromatic carbocycles. The minimum atomic E-state index is -4.30. The van der Waals surface area contributed by atoms with E-state index in [1.165, 1.54) is 12.5 Å². The highest BCUT2D eigenvalue weighted by molar-refractivity contribution is 9.10. The van der Waals surface area contributed by atoms with Gasteiger partial charge in [0, 0.05) is 35.8 Å². The monoisotopic (exact) mass is 362 g/mol. The van der Waals surface area contributed by atoms with Crippen LogP contribution in [0.3, 0.4) is 0 Å². The summed E-state index contributed by atoms with van der Waals surface area (Å²) in [5.41, 5.74) is 0.0878. The molecular weight excluding hydrogens is 345 g/mol. The molecule has 2 fully saturated rings. The molecule has 0 aromatic heterocycles. The van der Waals surface area contributed by atoms with E-state index in [4.69, 9.17) is 0 Å². The molecule has 6 heteroatoms. The van der Waals surface area contributed by atoms with Gasteiger partial charge in [0.2, 0.25) is 0 Å². The van der Waals surface area contributed by atoms with Crippen LogP contribution in [-0.4, -0.2) is 37.1 Å². The number of anilines is 1. The Labute approximate surface area is 131 Å². The molecule has 0 spiro atoms. The van der Waals surface area contributed by atoms with Crippen LogP contribution in [0.4, 0.5) is 18.9 Å².